The molecule has 2 saturated heterocycles. The van der Waals surface area contributed by atoms with E-state index in [4.69, 9.17) is 0 Å². The molecule has 2 atom stereocenters. The minimum Gasteiger partial charge on any atom is -0.316 e. The molecule has 2 heterocycles. The fourth-order valence-corrected chi connectivity index (χ4v) is 5.08. The van der Waals surface area contributed by atoms with Crippen molar-refractivity contribution in [2.45, 2.75) is 39.0 Å². The molecule has 0 spiro atoms. The van der Waals surface area contributed by atoms with E-state index < -0.39 is 10.0 Å². The summed E-state index contributed by atoms with van der Waals surface area (Å²) in [6.45, 7) is 5.58. The van der Waals surface area contributed by atoms with Gasteiger partial charge in [0.1, 0.15) is 0 Å². The Hall–Kier alpha value is -0.130. The molecule has 0 saturated carbocycles. The maximum atomic E-state index is 12.3. The van der Waals surface area contributed by atoms with Crippen molar-refractivity contribution in [1.82, 2.24) is 9.62 Å². The Kier molecular flexibility index (Phi) is 5.04. The van der Waals surface area contributed by atoms with Crippen molar-refractivity contribution < 1.29 is 8.42 Å². The molecule has 2 aliphatic rings. The van der Waals surface area contributed by atoms with E-state index in [2.05, 4.69) is 12.2 Å². The lowest BCUT2D eigenvalue weighted by molar-refractivity contribution is 0.389. The molecular weight excluding hydrogens is 248 g/mol. The summed E-state index contributed by atoms with van der Waals surface area (Å²) in [4.78, 5) is 0. The normalized spacial score (nSPS) is 30.7. The molecular formula is C13H26N2O2S. The highest BCUT2D eigenvalue weighted by Gasteiger charge is 2.32. The SMILES string of the molecule is CCCC1CCN(S(=O)(=O)CC2CCCNC2)C1. The molecule has 2 aliphatic heterocycles. The minimum atomic E-state index is -3.02. The predicted octanol–water partition coefficient (Wildman–Crippen LogP) is 1.44. The Morgan fingerprint density at radius 3 is 2.78 bits per heavy atom. The lowest BCUT2D eigenvalue weighted by Crippen LogP contribution is -2.39. The quantitative estimate of drug-likeness (QED) is 0.825. The molecule has 106 valence electrons. The zero-order valence-corrected chi connectivity index (χ0v) is 12.2. The lowest BCUT2D eigenvalue weighted by atomic mass is 10.0. The van der Waals surface area contributed by atoms with E-state index in [-0.39, 0.29) is 0 Å². The summed E-state index contributed by atoms with van der Waals surface area (Å²) in [6.07, 6.45) is 5.54. The maximum Gasteiger partial charge on any atom is 0.214 e. The first-order chi connectivity index (χ1) is 8.62. The predicted molar refractivity (Wildman–Crippen MR) is 74.0 cm³/mol. The molecule has 0 aromatic rings. The zero-order chi connectivity index (χ0) is 13.0. The Balaban J connectivity index is 1.86. The van der Waals surface area contributed by atoms with Gasteiger partial charge in [-0.15, -0.1) is 0 Å². The Morgan fingerprint density at radius 1 is 1.28 bits per heavy atom. The summed E-state index contributed by atoms with van der Waals surface area (Å²) in [5.74, 6) is 1.25. The van der Waals surface area contributed by atoms with Crippen LogP contribution in [0.3, 0.4) is 0 Å². The molecule has 2 unspecified atom stereocenters. The van der Waals surface area contributed by atoms with Gasteiger partial charge >= 0.3 is 0 Å². The molecule has 0 bridgehead atoms. The third kappa shape index (κ3) is 3.68. The lowest BCUT2D eigenvalue weighted by Gasteiger charge is -2.25. The Bertz CT molecular complexity index is 350. The van der Waals surface area contributed by atoms with E-state index in [1.165, 1.54) is 0 Å². The van der Waals surface area contributed by atoms with Crippen molar-refractivity contribution in [3.63, 3.8) is 0 Å². The number of hydrogen-bond acceptors (Lipinski definition) is 3. The van der Waals surface area contributed by atoms with E-state index in [0.717, 1.165) is 58.3 Å². The standard InChI is InChI=1S/C13H26N2O2S/c1-2-4-12-6-8-15(10-12)18(16,17)11-13-5-3-7-14-9-13/h12-14H,2-11H2,1H3. The van der Waals surface area contributed by atoms with E-state index in [9.17, 15) is 8.42 Å². The van der Waals surface area contributed by atoms with Crippen molar-refractivity contribution in [2.24, 2.45) is 11.8 Å². The first kappa shape index (κ1) is 14.3. The number of hydrogen-bond donors (Lipinski definition) is 1. The van der Waals surface area contributed by atoms with Crippen molar-refractivity contribution in [1.29, 1.82) is 0 Å². The topological polar surface area (TPSA) is 49.4 Å². The fourth-order valence-electron chi connectivity index (χ4n) is 3.16. The molecule has 18 heavy (non-hydrogen) atoms. The van der Waals surface area contributed by atoms with E-state index >= 15 is 0 Å². The molecule has 1 N–H and O–H groups in total. The number of nitrogens with one attached hydrogen (secondary N) is 1. The van der Waals surface area contributed by atoms with Crippen LogP contribution >= 0.6 is 0 Å². The second-order valence-electron chi connectivity index (χ2n) is 5.79. The van der Waals surface area contributed by atoms with Gasteiger partial charge in [-0.2, -0.15) is 0 Å². The van der Waals surface area contributed by atoms with Gasteiger partial charge in [0.2, 0.25) is 10.0 Å². The van der Waals surface area contributed by atoms with Gasteiger partial charge in [0, 0.05) is 13.1 Å². The summed E-state index contributed by atoms with van der Waals surface area (Å²) in [5.41, 5.74) is 0. The van der Waals surface area contributed by atoms with Gasteiger partial charge in [-0.1, -0.05) is 13.3 Å². The largest absolute Gasteiger partial charge is 0.316 e. The highest BCUT2D eigenvalue weighted by molar-refractivity contribution is 7.89. The van der Waals surface area contributed by atoms with Crippen LogP contribution in [-0.2, 0) is 10.0 Å². The zero-order valence-electron chi connectivity index (χ0n) is 11.4. The van der Waals surface area contributed by atoms with E-state index in [1.807, 2.05) is 0 Å². The highest BCUT2D eigenvalue weighted by atomic mass is 32.2. The van der Waals surface area contributed by atoms with Crippen LogP contribution in [0.25, 0.3) is 0 Å². The fraction of sp³-hybridized carbons (Fsp3) is 1.00. The molecule has 0 aromatic heterocycles. The first-order valence-electron chi connectivity index (χ1n) is 7.30. The van der Waals surface area contributed by atoms with Gasteiger partial charge in [-0.05, 0) is 50.6 Å². The molecule has 0 aliphatic carbocycles. The van der Waals surface area contributed by atoms with Crippen molar-refractivity contribution >= 4 is 10.0 Å². The number of nitrogens with zero attached hydrogens (tertiary/aromatic N) is 1. The average molecular weight is 274 g/mol. The van der Waals surface area contributed by atoms with Gasteiger partial charge in [-0.25, -0.2) is 12.7 Å². The smallest absolute Gasteiger partial charge is 0.214 e. The summed E-state index contributed by atoms with van der Waals surface area (Å²) in [7, 11) is -3.02. The molecule has 5 heteroatoms. The van der Waals surface area contributed by atoms with Gasteiger partial charge in [0.15, 0.2) is 0 Å². The van der Waals surface area contributed by atoms with Crippen LogP contribution in [0.5, 0.6) is 0 Å². The third-order valence-corrected chi connectivity index (χ3v) is 6.20. The monoisotopic (exact) mass is 274 g/mol. The van der Waals surface area contributed by atoms with E-state index in [0.29, 0.717) is 17.6 Å². The maximum absolute atomic E-state index is 12.3. The van der Waals surface area contributed by atoms with Crippen LogP contribution in [-0.4, -0.2) is 44.7 Å². The number of piperidine rings is 1. The van der Waals surface area contributed by atoms with Gasteiger partial charge < -0.3 is 5.32 Å². The second-order valence-corrected chi connectivity index (χ2v) is 7.81. The van der Waals surface area contributed by atoms with Crippen LogP contribution in [0.1, 0.15) is 39.0 Å². The second kappa shape index (κ2) is 6.35. The van der Waals surface area contributed by atoms with Crippen LogP contribution in [0.4, 0.5) is 0 Å². The summed E-state index contributed by atoms with van der Waals surface area (Å²) in [5, 5.41) is 3.29. The molecule has 2 fully saturated rings. The summed E-state index contributed by atoms with van der Waals surface area (Å²) >= 11 is 0. The Morgan fingerprint density at radius 2 is 2.11 bits per heavy atom. The highest BCUT2D eigenvalue weighted by Crippen LogP contribution is 2.25. The Labute approximate surface area is 111 Å². The van der Waals surface area contributed by atoms with Crippen molar-refractivity contribution in [2.75, 3.05) is 31.9 Å². The molecule has 4 nitrogen and oxygen atoms in total. The minimum absolute atomic E-state index is 0.314. The van der Waals surface area contributed by atoms with Gasteiger partial charge in [-0.3, -0.25) is 0 Å². The van der Waals surface area contributed by atoms with E-state index in [1.54, 1.807) is 4.31 Å². The van der Waals surface area contributed by atoms with Crippen LogP contribution in [0, 0.1) is 11.8 Å². The number of sulfonamides is 1. The van der Waals surface area contributed by atoms with Crippen molar-refractivity contribution in [3.8, 4) is 0 Å². The van der Waals surface area contributed by atoms with Gasteiger partial charge in [0.05, 0.1) is 5.75 Å². The van der Waals surface area contributed by atoms with Crippen LogP contribution in [0.15, 0.2) is 0 Å². The summed E-state index contributed by atoms with van der Waals surface area (Å²) < 4.78 is 26.4. The van der Waals surface area contributed by atoms with Crippen LogP contribution in [0.2, 0.25) is 0 Å². The van der Waals surface area contributed by atoms with Crippen molar-refractivity contribution in [3.05, 3.63) is 0 Å². The molecule has 0 aromatic carbocycles. The van der Waals surface area contributed by atoms with Crippen LogP contribution < -0.4 is 5.32 Å². The first-order valence-corrected chi connectivity index (χ1v) is 8.91. The molecule has 2 rings (SSSR count). The third-order valence-electron chi connectivity index (χ3n) is 4.18. The number of rotatable bonds is 5. The average Bonchev–Trinajstić information content (AvgIpc) is 2.80. The van der Waals surface area contributed by atoms with Gasteiger partial charge in [0.25, 0.3) is 0 Å². The molecule has 0 amide bonds. The summed E-state index contributed by atoms with van der Waals surface area (Å²) in [6, 6.07) is 0. The molecule has 0 radical (unpaired) electrons.